The normalized spacial score (nSPS) is 14.2. The Labute approximate surface area is 116 Å². The Hall–Kier alpha value is -1.12. The topological polar surface area (TPSA) is 58.2 Å². The third-order valence-electron chi connectivity index (χ3n) is 2.67. The van der Waals surface area contributed by atoms with Crippen LogP contribution in [0.1, 0.15) is 12.5 Å². The van der Waals surface area contributed by atoms with Gasteiger partial charge in [0.25, 0.3) is 0 Å². The van der Waals surface area contributed by atoms with Gasteiger partial charge in [-0.2, -0.15) is 13.2 Å². The molecule has 0 amide bonds. The van der Waals surface area contributed by atoms with E-state index in [1.165, 1.54) is 0 Å². The van der Waals surface area contributed by atoms with Crippen LogP contribution in [0.5, 0.6) is 0 Å². The van der Waals surface area contributed by atoms with Gasteiger partial charge in [-0.3, -0.25) is 0 Å². The fraction of sp³-hybridized carbons (Fsp3) is 0.500. The van der Waals surface area contributed by atoms with Crippen LogP contribution in [-0.4, -0.2) is 28.6 Å². The standard InChI is InChI=1S/C12H17F3N2O2S/c1-9(7-16-2)8-17-20(18,19)11-5-3-10(4-6-11)12(13,14)15/h3-6,9,16-17H,7-8H2,1-2H3. The lowest BCUT2D eigenvalue weighted by Crippen LogP contribution is -2.32. The van der Waals surface area contributed by atoms with E-state index in [2.05, 4.69) is 10.0 Å². The highest BCUT2D eigenvalue weighted by atomic mass is 32.2. The van der Waals surface area contributed by atoms with Gasteiger partial charge in [0.2, 0.25) is 10.0 Å². The zero-order chi connectivity index (χ0) is 15.4. The highest BCUT2D eigenvalue weighted by Gasteiger charge is 2.30. The van der Waals surface area contributed by atoms with Gasteiger partial charge < -0.3 is 5.32 Å². The first-order valence-electron chi connectivity index (χ1n) is 5.98. The molecule has 0 aliphatic rings. The van der Waals surface area contributed by atoms with Crippen LogP contribution in [-0.2, 0) is 16.2 Å². The van der Waals surface area contributed by atoms with Crippen molar-refractivity contribution >= 4 is 10.0 Å². The molecule has 8 heteroatoms. The number of nitrogens with one attached hydrogen (secondary N) is 2. The predicted molar refractivity (Wildman–Crippen MR) is 69.7 cm³/mol. The second kappa shape index (κ2) is 6.55. The lowest BCUT2D eigenvalue weighted by molar-refractivity contribution is -0.137. The molecule has 1 atom stereocenters. The molecule has 1 aromatic carbocycles. The number of halogens is 3. The van der Waals surface area contributed by atoms with Crippen molar-refractivity contribution in [2.24, 2.45) is 5.92 Å². The Kier molecular flexibility index (Phi) is 5.55. The molecule has 0 aromatic heterocycles. The summed E-state index contributed by atoms with van der Waals surface area (Å²) in [5.41, 5.74) is -0.875. The second-order valence-corrected chi connectivity index (χ2v) is 6.30. The fourth-order valence-corrected chi connectivity index (χ4v) is 2.74. The van der Waals surface area contributed by atoms with E-state index in [9.17, 15) is 21.6 Å². The molecule has 0 aliphatic heterocycles. The molecule has 0 aliphatic carbocycles. The van der Waals surface area contributed by atoms with Gasteiger partial charge in [-0.05, 0) is 43.8 Å². The maximum atomic E-state index is 12.4. The summed E-state index contributed by atoms with van der Waals surface area (Å²) in [7, 11) is -2.03. The first-order chi connectivity index (χ1) is 9.16. The van der Waals surface area contributed by atoms with E-state index < -0.39 is 21.8 Å². The molecule has 0 saturated carbocycles. The summed E-state index contributed by atoms with van der Waals surface area (Å²) in [6.07, 6.45) is -4.48. The highest BCUT2D eigenvalue weighted by molar-refractivity contribution is 7.89. The zero-order valence-electron chi connectivity index (χ0n) is 11.2. The van der Waals surface area contributed by atoms with Crippen LogP contribution in [0.4, 0.5) is 13.2 Å². The van der Waals surface area contributed by atoms with Gasteiger partial charge in [0.15, 0.2) is 0 Å². The Bertz CT molecular complexity index is 527. The Balaban J connectivity index is 2.78. The van der Waals surface area contributed by atoms with Gasteiger partial charge in [0.05, 0.1) is 10.5 Å². The van der Waals surface area contributed by atoms with Crippen LogP contribution in [0.2, 0.25) is 0 Å². The molecule has 0 heterocycles. The van der Waals surface area contributed by atoms with Crippen LogP contribution >= 0.6 is 0 Å². The zero-order valence-corrected chi connectivity index (χ0v) is 12.0. The monoisotopic (exact) mass is 310 g/mol. The van der Waals surface area contributed by atoms with Crippen LogP contribution in [0.3, 0.4) is 0 Å². The van der Waals surface area contributed by atoms with Crippen LogP contribution in [0.15, 0.2) is 29.2 Å². The molecule has 1 rings (SSSR count). The minimum absolute atomic E-state index is 0.0734. The average molecular weight is 310 g/mol. The molecule has 0 bridgehead atoms. The lowest BCUT2D eigenvalue weighted by Gasteiger charge is -2.13. The molecule has 114 valence electrons. The van der Waals surface area contributed by atoms with Crippen LogP contribution in [0, 0.1) is 5.92 Å². The minimum Gasteiger partial charge on any atom is -0.319 e. The summed E-state index contributed by atoms with van der Waals surface area (Å²) in [6, 6.07) is 3.42. The van der Waals surface area contributed by atoms with Crippen molar-refractivity contribution in [1.29, 1.82) is 0 Å². The quantitative estimate of drug-likeness (QED) is 0.843. The first kappa shape index (κ1) is 16.9. The predicted octanol–water partition coefficient (Wildman–Crippen LogP) is 1.84. The van der Waals surface area contributed by atoms with E-state index in [4.69, 9.17) is 0 Å². The summed E-state index contributed by atoms with van der Waals surface area (Å²) in [5.74, 6) is 0.0734. The summed E-state index contributed by atoms with van der Waals surface area (Å²) in [6.45, 7) is 2.70. The van der Waals surface area contributed by atoms with Gasteiger partial charge in [-0.15, -0.1) is 0 Å². The third kappa shape index (κ3) is 4.77. The van der Waals surface area contributed by atoms with Crippen molar-refractivity contribution < 1.29 is 21.6 Å². The van der Waals surface area contributed by atoms with E-state index >= 15 is 0 Å². The molecule has 0 radical (unpaired) electrons. The molecule has 0 fully saturated rings. The largest absolute Gasteiger partial charge is 0.416 e. The lowest BCUT2D eigenvalue weighted by atomic mass is 10.2. The maximum Gasteiger partial charge on any atom is 0.416 e. The summed E-state index contributed by atoms with van der Waals surface area (Å²) < 4.78 is 63.3. The van der Waals surface area contributed by atoms with Crippen molar-refractivity contribution in [3.8, 4) is 0 Å². The Morgan fingerprint density at radius 2 is 1.70 bits per heavy atom. The highest BCUT2D eigenvalue weighted by Crippen LogP contribution is 2.29. The number of rotatable bonds is 6. The van der Waals surface area contributed by atoms with Gasteiger partial charge in [-0.1, -0.05) is 6.92 Å². The van der Waals surface area contributed by atoms with Crippen molar-refractivity contribution in [3.05, 3.63) is 29.8 Å². The molecule has 1 aromatic rings. The number of sulfonamides is 1. The number of hydrogen-bond donors (Lipinski definition) is 2. The first-order valence-corrected chi connectivity index (χ1v) is 7.46. The van der Waals surface area contributed by atoms with Gasteiger partial charge in [-0.25, -0.2) is 13.1 Å². The maximum absolute atomic E-state index is 12.4. The number of alkyl halides is 3. The molecule has 0 saturated heterocycles. The molecule has 2 N–H and O–H groups in total. The average Bonchev–Trinajstić information content (AvgIpc) is 2.36. The van der Waals surface area contributed by atoms with Crippen molar-refractivity contribution in [2.75, 3.05) is 20.1 Å². The van der Waals surface area contributed by atoms with Gasteiger partial charge in [0.1, 0.15) is 0 Å². The summed E-state index contributed by atoms with van der Waals surface area (Å²) >= 11 is 0. The van der Waals surface area contributed by atoms with E-state index in [-0.39, 0.29) is 17.4 Å². The van der Waals surface area contributed by atoms with Crippen molar-refractivity contribution in [3.63, 3.8) is 0 Å². The fourth-order valence-electron chi connectivity index (χ4n) is 1.58. The van der Waals surface area contributed by atoms with Crippen molar-refractivity contribution in [2.45, 2.75) is 18.0 Å². The van der Waals surface area contributed by atoms with Gasteiger partial charge >= 0.3 is 6.18 Å². The second-order valence-electron chi connectivity index (χ2n) is 4.54. The molecule has 4 nitrogen and oxygen atoms in total. The van der Waals surface area contributed by atoms with E-state index in [1.54, 1.807) is 7.05 Å². The Morgan fingerprint density at radius 1 is 1.15 bits per heavy atom. The molecular weight excluding hydrogens is 293 g/mol. The van der Waals surface area contributed by atoms with E-state index in [0.717, 1.165) is 24.3 Å². The molecule has 1 unspecified atom stereocenters. The summed E-state index contributed by atoms with van der Waals surface area (Å²) in [4.78, 5) is -0.179. The SMILES string of the molecule is CNCC(C)CNS(=O)(=O)c1ccc(C(F)(F)F)cc1. The molecule has 0 spiro atoms. The van der Waals surface area contributed by atoms with Crippen LogP contribution in [0.25, 0.3) is 0 Å². The summed E-state index contributed by atoms with van der Waals surface area (Å²) in [5, 5.41) is 2.91. The minimum atomic E-state index is -4.48. The van der Waals surface area contributed by atoms with E-state index in [0.29, 0.717) is 6.54 Å². The third-order valence-corrected chi connectivity index (χ3v) is 4.11. The number of benzene rings is 1. The van der Waals surface area contributed by atoms with Crippen LogP contribution < -0.4 is 10.0 Å². The Morgan fingerprint density at radius 3 is 2.15 bits per heavy atom. The van der Waals surface area contributed by atoms with E-state index in [1.807, 2.05) is 6.92 Å². The van der Waals surface area contributed by atoms with Crippen molar-refractivity contribution in [1.82, 2.24) is 10.0 Å². The van der Waals surface area contributed by atoms with Gasteiger partial charge in [0, 0.05) is 6.54 Å². The molecule has 20 heavy (non-hydrogen) atoms. The smallest absolute Gasteiger partial charge is 0.319 e. The number of hydrogen-bond acceptors (Lipinski definition) is 3. The molecular formula is C12H17F3N2O2S.